The predicted molar refractivity (Wildman–Crippen MR) is 312 cm³/mol. The van der Waals surface area contributed by atoms with Crippen molar-refractivity contribution < 1.29 is 38.6 Å². The van der Waals surface area contributed by atoms with Crippen LogP contribution in [-0.2, 0) is 32.0 Å². The molecule has 78 heavy (non-hydrogen) atoms. The van der Waals surface area contributed by atoms with Crippen molar-refractivity contribution >= 4 is 78.4 Å². The summed E-state index contributed by atoms with van der Waals surface area (Å²) in [6.07, 6.45) is 5.22. The van der Waals surface area contributed by atoms with Gasteiger partial charge in [-0.05, 0) is 118 Å². The summed E-state index contributed by atoms with van der Waals surface area (Å²) in [6.45, 7) is 1.58. The fourth-order valence-corrected chi connectivity index (χ4v) is 10.2. The van der Waals surface area contributed by atoms with Gasteiger partial charge < -0.3 is 20.1 Å². The van der Waals surface area contributed by atoms with Crippen LogP contribution in [0.1, 0.15) is 75.3 Å². The number of unbranched alkanes of at least 4 members (excludes halogenated alkanes) is 2. The molecule has 14 nitrogen and oxygen atoms in total. The van der Waals surface area contributed by atoms with Crippen molar-refractivity contribution in [3.8, 4) is 22.6 Å². The lowest BCUT2D eigenvalue weighted by molar-refractivity contribution is -0.460. The molecular weight excluding hydrogens is 977 g/mol. The summed E-state index contributed by atoms with van der Waals surface area (Å²) in [4.78, 5) is 61.1. The molecule has 0 spiro atoms. The van der Waals surface area contributed by atoms with E-state index in [2.05, 4.69) is 44.9 Å². The molecule has 0 saturated heterocycles. The number of ether oxygens (including phenoxy) is 2. The number of ketones is 2. The molecule has 2 atom stereocenters. The Bertz CT molecular complexity index is 3200. The van der Waals surface area contributed by atoms with Gasteiger partial charge in [0.1, 0.15) is 11.5 Å². The standard InChI is InChI=1S/C64H70N8O6/c65-63(66)69-37-11-9-29-53(55(73)41-47-23-13-21-43-17-1-5-25-49(43)47)71-59(75)31-15-39-77-57-35-33-45-19-3-7-27-51(45)61(57)62-52-28-8-4-20-46(52)34-36-58(62)78-40-16-32-60(76)72-54(30-10-12-38-70-64(67)68)56(74)42-48-24-14-22-44-18-2-6-26-50(44)48/h1-8,13-14,17-28,33-36,53-54H,9-12,15-16,29-32,37-42H2,(H,71,75)(H,72,76)(H4,65,66,69)(H4,67,68,70)/p+2/t53-,54-/m1/s1. The van der Waals surface area contributed by atoms with Crippen molar-refractivity contribution in [3.05, 3.63) is 169 Å². The van der Waals surface area contributed by atoms with Crippen molar-refractivity contribution in [1.82, 2.24) is 10.6 Å². The monoisotopic (exact) mass is 1050 g/mol. The summed E-state index contributed by atoms with van der Waals surface area (Å²) >= 11 is 0. The fourth-order valence-electron chi connectivity index (χ4n) is 10.2. The zero-order valence-electron chi connectivity index (χ0n) is 44.2. The lowest BCUT2D eigenvalue weighted by atomic mass is 9.92. The molecule has 0 aliphatic rings. The van der Waals surface area contributed by atoms with E-state index < -0.39 is 12.1 Å². The van der Waals surface area contributed by atoms with Crippen molar-refractivity contribution in [2.24, 2.45) is 22.9 Å². The van der Waals surface area contributed by atoms with Crippen LogP contribution < -0.4 is 53.0 Å². The van der Waals surface area contributed by atoms with E-state index in [-0.39, 0.29) is 74.2 Å². The third-order valence-corrected chi connectivity index (χ3v) is 14.1. The summed E-state index contributed by atoms with van der Waals surface area (Å²) < 4.78 is 13.3. The summed E-state index contributed by atoms with van der Waals surface area (Å²) in [5, 5.41) is 14.2. The van der Waals surface area contributed by atoms with Crippen LogP contribution in [0.25, 0.3) is 54.2 Å². The quantitative estimate of drug-likeness (QED) is 0.0156. The van der Waals surface area contributed by atoms with E-state index in [9.17, 15) is 19.2 Å². The van der Waals surface area contributed by atoms with Gasteiger partial charge in [0.15, 0.2) is 11.6 Å². The van der Waals surface area contributed by atoms with Crippen LogP contribution in [0.2, 0.25) is 0 Å². The van der Waals surface area contributed by atoms with Crippen molar-refractivity contribution in [3.63, 3.8) is 0 Å². The lowest BCUT2D eigenvalue weighted by Crippen LogP contribution is -2.78. The van der Waals surface area contributed by atoms with Crippen LogP contribution in [0.4, 0.5) is 0 Å². The van der Waals surface area contributed by atoms with E-state index in [1.54, 1.807) is 0 Å². The molecule has 0 bridgehead atoms. The van der Waals surface area contributed by atoms with Gasteiger partial charge in [-0.15, -0.1) is 0 Å². The van der Waals surface area contributed by atoms with Crippen LogP contribution in [0.15, 0.2) is 158 Å². The maximum atomic E-state index is 14.0. The topological polar surface area (TPSA) is 243 Å². The van der Waals surface area contributed by atoms with Gasteiger partial charge in [0.2, 0.25) is 11.8 Å². The van der Waals surface area contributed by atoms with Gasteiger partial charge in [-0.25, -0.2) is 0 Å². The second-order valence-electron chi connectivity index (χ2n) is 19.8. The molecule has 402 valence electrons. The number of amides is 2. The number of Topliss-reactive ketones (excluding diaryl/α,β-unsaturated/α-hetero) is 2. The van der Waals surface area contributed by atoms with E-state index in [1.165, 1.54) is 0 Å². The smallest absolute Gasteiger partial charge is 0.338 e. The van der Waals surface area contributed by atoms with Crippen molar-refractivity contribution in [2.75, 3.05) is 26.3 Å². The Labute approximate surface area is 455 Å². The molecule has 0 saturated carbocycles. The first kappa shape index (κ1) is 55.5. The number of fused-ring (bicyclic) bond motifs is 4. The van der Waals surface area contributed by atoms with Crippen LogP contribution in [0.3, 0.4) is 0 Å². The van der Waals surface area contributed by atoms with E-state index in [4.69, 9.17) is 32.4 Å². The molecule has 8 aromatic rings. The minimum Gasteiger partial charge on any atom is -0.493 e. The largest absolute Gasteiger partial charge is 0.493 e. The highest BCUT2D eigenvalue weighted by Gasteiger charge is 2.24. The number of nitrogens with two attached hydrogens (primary N) is 4. The van der Waals surface area contributed by atoms with E-state index in [0.29, 0.717) is 63.1 Å². The minimum absolute atomic E-state index is 0.0518. The van der Waals surface area contributed by atoms with Crippen LogP contribution in [0.5, 0.6) is 11.5 Å². The molecule has 2 amide bonds. The average molecular weight is 1050 g/mol. The first-order chi connectivity index (χ1) is 38.0. The number of carbonyl (C=O) groups excluding carboxylic acids is 4. The third kappa shape index (κ3) is 15.2. The SMILES string of the molecule is NC(N)=[NH+]CCCC[C@@H](NC(=O)CCCOc1ccc2ccccc2c1-c1c(OCCCC(=O)N[C@H](CCCC[NH+]=C(N)N)C(=O)Cc2cccc3ccccc23)ccc2ccccc12)C(=O)Cc1cccc2ccccc12. The number of guanidine groups is 2. The van der Waals surface area contributed by atoms with E-state index in [0.717, 1.165) is 78.2 Å². The summed E-state index contributed by atoms with van der Waals surface area (Å²) in [5.41, 5.74) is 25.9. The van der Waals surface area contributed by atoms with Crippen LogP contribution >= 0.6 is 0 Å². The fraction of sp³-hybridized carbons (Fsp3) is 0.281. The first-order valence-electron chi connectivity index (χ1n) is 27.1. The molecule has 0 aliphatic carbocycles. The average Bonchev–Trinajstić information content (AvgIpc) is 3.57. The van der Waals surface area contributed by atoms with Gasteiger partial charge in [-0.1, -0.05) is 146 Å². The second kappa shape index (κ2) is 27.8. The summed E-state index contributed by atoms with van der Waals surface area (Å²) in [7, 11) is 0. The number of benzene rings is 8. The summed E-state index contributed by atoms with van der Waals surface area (Å²) in [5.74, 6) is 0.980. The second-order valence-corrected chi connectivity index (χ2v) is 19.8. The normalized spacial score (nSPS) is 11.9. The zero-order chi connectivity index (χ0) is 54.6. The van der Waals surface area contributed by atoms with E-state index >= 15 is 0 Å². The highest BCUT2D eigenvalue weighted by molar-refractivity contribution is 6.10. The molecule has 0 radical (unpaired) electrons. The number of nitrogens with one attached hydrogen (secondary N) is 4. The number of carbonyl (C=O) groups is 4. The highest BCUT2D eigenvalue weighted by atomic mass is 16.5. The molecule has 8 aromatic carbocycles. The van der Waals surface area contributed by atoms with Crippen LogP contribution in [0, 0.1) is 0 Å². The molecule has 14 heteroatoms. The van der Waals surface area contributed by atoms with Gasteiger partial charge in [0.25, 0.3) is 0 Å². The maximum Gasteiger partial charge on any atom is 0.338 e. The zero-order valence-corrected chi connectivity index (χ0v) is 44.2. The highest BCUT2D eigenvalue weighted by Crippen LogP contribution is 2.45. The van der Waals surface area contributed by atoms with Gasteiger partial charge in [-0.2, -0.15) is 0 Å². The molecule has 0 fully saturated rings. The lowest BCUT2D eigenvalue weighted by Gasteiger charge is -2.20. The Hall–Kier alpha value is -8.78. The Balaban J connectivity index is 0.935. The Kier molecular flexibility index (Phi) is 19.8. The third-order valence-electron chi connectivity index (χ3n) is 14.1. The van der Waals surface area contributed by atoms with Crippen molar-refractivity contribution in [2.45, 2.75) is 89.1 Å². The molecule has 0 unspecified atom stereocenters. The number of rotatable bonds is 29. The molecule has 0 heterocycles. The minimum atomic E-state index is -0.671. The summed E-state index contributed by atoms with van der Waals surface area (Å²) in [6, 6.07) is 50.7. The Morgan fingerprint density at radius 1 is 0.410 bits per heavy atom. The Morgan fingerprint density at radius 2 is 0.769 bits per heavy atom. The molecule has 8 rings (SSSR count). The van der Waals surface area contributed by atoms with E-state index in [1.807, 2.05) is 133 Å². The van der Waals surface area contributed by atoms with Gasteiger partial charge in [-0.3, -0.25) is 52.1 Å². The maximum absolute atomic E-state index is 14.0. The first-order valence-corrected chi connectivity index (χ1v) is 27.1. The van der Waals surface area contributed by atoms with Crippen LogP contribution in [-0.4, -0.2) is 73.7 Å². The molecule has 12 N–H and O–H groups in total. The van der Waals surface area contributed by atoms with Gasteiger partial charge in [0.05, 0.1) is 38.4 Å². The predicted octanol–water partition coefficient (Wildman–Crippen LogP) is 5.93. The Morgan fingerprint density at radius 3 is 1.17 bits per heavy atom. The molecular formula is C64H72N8O6+2. The molecule has 0 aromatic heterocycles. The van der Waals surface area contributed by atoms with Gasteiger partial charge >= 0.3 is 11.9 Å². The number of hydrogen-bond donors (Lipinski definition) is 8. The molecule has 0 aliphatic heterocycles. The van der Waals surface area contributed by atoms with Gasteiger partial charge in [0, 0.05) is 36.8 Å². The van der Waals surface area contributed by atoms with Crippen molar-refractivity contribution in [1.29, 1.82) is 0 Å². The number of hydrogen-bond acceptors (Lipinski definition) is 6.